The number of amides is 7. The molecule has 0 aliphatic carbocycles. The topological polar surface area (TPSA) is 308 Å². The number of sulfonamides is 1. The first kappa shape index (κ1) is 74.2. The van der Waals surface area contributed by atoms with Crippen LogP contribution in [0.2, 0.25) is 0 Å². The highest BCUT2D eigenvalue weighted by atomic mass is 32.2. The molecule has 3 aromatic rings. The Hall–Kier alpha value is -7.28. The van der Waals surface area contributed by atoms with Gasteiger partial charge in [-0.15, -0.1) is 0 Å². The Balaban J connectivity index is 1.35. The lowest BCUT2D eigenvalue weighted by molar-refractivity contribution is -0.141. The smallest absolute Gasteiger partial charge is 0.264 e. The second kappa shape index (κ2) is 35.8. The first-order valence-corrected chi connectivity index (χ1v) is 31.8. The third-order valence-corrected chi connectivity index (χ3v) is 16.9. The molecule has 7 N–H and O–H groups in total. The minimum absolute atomic E-state index is 0.0142. The number of likely N-dealkylation sites (N-methyl/N-ethyl adjacent to an activating group) is 2. The Kier molecular flexibility index (Phi) is 29.8. The van der Waals surface area contributed by atoms with E-state index in [0.717, 1.165) is 16.0 Å². The van der Waals surface area contributed by atoms with Crippen LogP contribution < -0.4 is 31.7 Å². The van der Waals surface area contributed by atoms with Crippen LogP contribution in [0.5, 0.6) is 0 Å². The monoisotopic (exact) mass is 1250 g/mol. The molecule has 0 radical (unpaired) electrons. The third-order valence-electron chi connectivity index (χ3n) is 15.5. The maximum absolute atomic E-state index is 14.4. The first-order chi connectivity index (χ1) is 42.0. The molecular formula is C66H94N8O14S. The minimum atomic E-state index is -4.48. The van der Waals surface area contributed by atoms with Gasteiger partial charge in [-0.1, -0.05) is 129 Å². The molecule has 0 aromatic heterocycles. The highest BCUT2D eigenvalue weighted by Crippen LogP contribution is 2.30. The Labute approximate surface area is 525 Å². The van der Waals surface area contributed by atoms with E-state index < -0.39 is 86.3 Å². The molecule has 3 aromatic carbocycles. The normalized spacial score (nSPS) is 15.0. The molecule has 0 saturated heterocycles. The zero-order valence-electron chi connectivity index (χ0n) is 53.6. The lowest BCUT2D eigenvalue weighted by Crippen LogP contribution is -2.61. The summed E-state index contributed by atoms with van der Waals surface area (Å²) in [5.41, 5.74) is 6.31. The number of carbonyl (C=O) groups excluding carboxylic acids is 9. The van der Waals surface area contributed by atoms with Gasteiger partial charge in [0, 0.05) is 67.0 Å². The Morgan fingerprint density at radius 1 is 0.708 bits per heavy atom. The highest BCUT2D eigenvalue weighted by molar-refractivity contribution is 7.90. The second-order valence-corrected chi connectivity index (χ2v) is 26.1. The SMILES string of the molecule is CN[C@H](C(=O)N[C@H](C(=O)N(C)[C@H](/C=C(\C)C(=O)NS(=O)(=O)c1ccc(NC(=O)[C@H](CCCCN)CC(=O)[C@H](Cc2ccccc2)NC(=O)[C@@H](C)CC(=O)CCOCCOCCOCCN2C(=O)C=CC2=O)cc1)C(C)C)C(C)(C)C)C(C)(C)c1ccccc1. The Bertz CT molecular complexity index is 3020. The molecular weight excluding hydrogens is 1160 g/mol. The molecule has 0 unspecified atom stereocenters. The molecule has 23 heteroatoms. The van der Waals surface area contributed by atoms with Crippen LogP contribution in [-0.4, -0.2) is 162 Å². The predicted molar refractivity (Wildman–Crippen MR) is 339 cm³/mol. The van der Waals surface area contributed by atoms with Crippen LogP contribution >= 0.6 is 0 Å². The van der Waals surface area contributed by atoms with E-state index in [1.165, 1.54) is 54.3 Å². The molecule has 1 aliphatic heterocycles. The average molecular weight is 1260 g/mol. The van der Waals surface area contributed by atoms with Gasteiger partial charge in [-0.2, -0.15) is 0 Å². The molecule has 4 rings (SSSR count). The summed E-state index contributed by atoms with van der Waals surface area (Å²) in [6.45, 7) is 17.9. The van der Waals surface area contributed by atoms with Gasteiger partial charge in [-0.05, 0) is 86.5 Å². The summed E-state index contributed by atoms with van der Waals surface area (Å²) >= 11 is 0. The number of rotatable bonds is 39. The van der Waals surface area contributed by atoms with Gasteiger partial charge in [0.25, 0.3) is 27.7 Å². The van der Waals surface area contributed by atoms with Gasteiger partial charge < -0.3 is 46.1 Å². The molecule has 22 nitrogen and oxygen atoms in total. The van der Waals surface area contributed by atoms with Gasteiger partial charge in [0.05, 0.1) is 69.2 Å². The number of hydrogen-bond donors (Lipinski definition) is 6. The third kappa shape index (κ3) is 23.6. The maximum Gasteiger partial charge on any atom is 0.264 e. The molecule has 0 spiro atoms. The van der Waals surface area contributed by atoms with Crippen molar-refractivity contribution in [1.82, 2.24) is 30.5 Å². The summed E-state index contributed by atoms with van der Waals surface area (Å²) in [6.07, 6.45) is 5.08. The summed E-state index contributed by atoms with van der Waals surface area (Å²) in [5, 5.41) is 11.8. The maximum atomic E-state index is 14.4. The lowest BCUT2D eigenvalue weighted by Gasteiger charge is -2.40. The summed E-state index contributed by atoms with van der Waals surface area (Å²) in [4.78, 5) is 123. The van der Waals surface area contributed by atoms with Crippen molar-refractivity contribution in [3.05, 3.63) is 120 Å². The Morgan fingerprint density at radius 3 is 1.84 bits per heavy atom. The molecule has 0 bridgehead atoms. The van der Waals surface area contributed by atoms with E-state index in [2.05, 4.69) is 26.0 Å². The lowest BCUT2D eigenvalue weighted by atomic mass is 9.76. The van der Waals surface area contributed by atoms with Crippen LogP contribution in [0.25, 0.3) is 0 Å². The number of anilines is 1. The van der Waals surface area contributed by atoms with Crippen LogP contribution in [0, 0.1) is 23.2 Å². The number of imide groups is 1. The van der Waals surface area contributed by atoms with Crippen molar-refractivity contribution >= 4 is 68.6 Å². The second-order valence-electron chi connectivity index (χ2n) is 24.4. The summed E-state index contributed by atoms with van der Waals surface area (Å²) < 4.78 is 45.9. The number of unbranched alkanes of at least 4 members (excludes halogenated alkanes) is 1. The van der Waals surface area contributed by atoms with E-state index in [4.69, 9.17) is 19.9 Å². The minimum Gasteiger partial charge on any atom is -0.379 e. The number of benzene rings is 3. The summed E-state index contributed by atoms with van der Waals surface area (Å²) in [7, 11) is -1.20. The largest absolute Gasteiger partial charge is 0.379 e. The molecule has 1 heterocycles. The van der Waals surface area contributed by atoms with E-state index in [9.17, 15) is 51.6 Å². The van der Waals surface area contributed by atoms with Crippen molar-refractivity contribution in [2.75, 3.05) is 72.1 Å². The number of ether oxygens (including phenoxy) is 3. The molecule has 488 valence electrons. The summed E-state index contributed by atoms with van der Waals surface area (Å²) in [5.74, 6) is -6.08. The van der Waals surface area contributed by atoms with Crippen molar-refractivity contribution in [3.8, 4) is 0 Å². The molecule has 6 atom stereocenters. The highest BCUT2D eigenvalue weighted by Gasteiger charge is 2.42. The van der Waals surface area contributed by atoms with Crippen LogP contribution in [0.3, 0.4) is 0 Å². The van der Waals surface area contributed by atoms with Gasteiger partial charge >= 0.3 is 0 Å². The van der Waals surface area contributed by atoms with E-state index >= 15 is 0 Å². The molecule has 7 amide bonds. The zero-order chi connectivity index (χ0) is 66.1. The van der Waals surface area contributed by atoms with Crippen molar-refractivity contribution in [2.45, 2.75) is 142 Å². The summed E-state index contributed by atoms with van der Waals surface area (Å²) in [6, 6.07) is 20.3. The number of carbonyl (C=O) groups is 9. The average Bonchev–Trinajstić information content (AvgIpc) is 2.24. The fourth-order valence-corrected chi connectivity index (χ4v) is 11.1. The van der Waals surface area contributed by atoms with E-state index in [-0.39, 0.29) is 124 Å². The van der Waals surface area contributed by atoms with Crippen LogP contribution in [0.15, 0.2) is 114 Å². The molecule has 89 heavy (non-hydrogen) atoms. The van der Waals surface area contributed by atoms with Gasteiger partial charge in [0.2, 0.25) is 23.6 Å². The van der Waals surface area contributed by atoms with Crippen molar-refractivity contribution < 1.29 is 65.8 Å². The molecule has 0 fully saturated rings. The van der Waals surface area contributed by atoms with E-state index in [1.807, 2.05) is 97.0 Å². The van der Waals surface area contributed by atoms with E-state index in [0.29, 0.717) is 19.4 Å². The number of nitrogens with two attached hydrogens (primary N) is 1. The number of nitrogens with zero attached hydrogens (tertiary/aromatic N) is 2. The molecule has 0 saturated carbocycles. The first-order valence-electron chi connectivity index (χ1n) is 30.3. The molecule has 1 aliphatic rings. The van der Waals surface area contributed by atoms with Crippen LogP contribution in [0.1, 0.15) is 112 Å². The van der Waals surface area contributed by atoms with Crippen molar-refractivity contribution in [2.24, 2.45) is 28.9 Å². The van der Waals surface area contributed by atoms with Crippen molar-refractivity contribution in [1.29, 1.82) is 0 Å². The number of ketones is 2. The zero-order valence-corrected chi connectivity index (χ0v) is 54.4. The fourth-order valence-electron chi connectivity index (χ4n) is 10.1. The van der Waals surface area contributed by atoms with Crippen LogP contribution in [-0.2, 0) is 79.2 Å². The quantitative estimate of drug-likeness (QED) is 0.0238. The number of Topliss-reactive ketones (excluding diaryl/α,β-unsaturated/α-hetero) is 2. The van der Waals surface area contributed by atoms with Gasteiger partial charge in [-0.25, -0.2) is 13.1 Å². The van der Waals surface area contributed by atoms with Gasteiger partial charge in [-0.3, -0.25) is 48.1 Å². The van der Waals surface area contributed by atoms with Gasteiger partial charge in [0.15, 0.2) is 5.78 Å². The van der Waals surface area contributed by atoms with Gasteiger partial charge in [0.1, 0.15) is 11.8 Å². The van der Waals surface area contributed by atoms with Crippen molar-refractivity contribution in [3.63, 3.8) is 0 Å². The Morgan fingerprint density at radius 2 is 1.28 bits per heavy atom. The fraction of sp³-hybridized carbons (Fsp3) is 0.530. The van der Waals surface area contributed by atoms with Crippen LogP contribution in [0.4, 0.5) is 5.69 Å². The number of nitrogens with one attached hydrogen (secondary N) is 5. The number of hydrogen-bond acceptors (Lipinski definition) is 16. The predicted octanol–water partition coefficient (Wildman–Crippen LogP) is 5.35. The van der Waals surface area contributed by atoms with E-state index in [1.54, 1.807) is 33.2 Å². The standard InChI is InChI=1S/C66H94N8O14S/c1-44(2)54(73(11)64(83)59(65(5,6)7)71-63(82)58(68-10)66(8,9)49-23-16-13-17-24-49)41-46(4)61(80)72-89(84,85)52-27-25-50(26-28-52)69-62(81)48(22-18-19-32-67)43-55(76)53(42-47-20-14-12-15-21-47)70-60(79)45(3)40-51(75)31-34-86-36-38-88-39-37-87-35-33-74-56(77)29-30-57(74)78/h12-17,20-21,23-30,41,44-45,48,53-54,58-59,68H,18-19,22,31-40,42-43,67H2,1-11H3,(H,69,81)(H,70,79)(H,71,82)(H,72,80)/b46-41+/t45-,48+,53-,54+,58+,59+/m0/s1.